The van der Waals surface area contributed by atoms with Crippen molar-refractivity contribution in [2.45, 2.75) is 55.6 Å². The van der Waals surface area contributed by atoms with E-state index in [-0.39, 0.29) is 17.5 Å². The lowest BCUT2D eigenvalue weighted by Gasteiger charge is -2.26. The van der Waals surface area contributed by atoms with Gasteiger partial charge in [0.2, 0.25) is 0 Å². The molecule has 1 amide bonds. The van der Waals surface area contributed by atoms with Crippen molar-refractivity contribution in [1.29, 1.82) is 0 Å². The van der Waals surface area contributed by atoms with E-state index in [1.165, 1.54) is 18.2 Å². The topological polar surface area (TPSA) is 64.0 Å². The van der Waals surface area contributed by atoms with Crippen LogP contribution in [-0.4, -0.2) is 15.5 Å². The van der Waals surface area contributed by atoms with Gasteiger partial charge >= 0.3 is 0 Å². The Labute approximate surface area is 230 Å². The number of halogens is 2. The van der Waals surface area contributed by atoms with E-state index in [1.807, 2.05) is 47.0 Å². The summed E-state index contributed by atoms with van der Waals surface area (Å²) in [6, 6.07) is 20.4. The van der Waals surface area contributed by atoms with Crippen LogP contribution in [0.4, 0.5) is 0 Å². The zero-order chi connectivity index (χ0) is 25.8. The summed E-state index contributed by atoms with van der Waals surface area (Å²) in [6.45, 7) is 0.356. The van der Waals surface area contributed by atoms with Gasteiger partial charge in [-0.1, -0.05) is 78.5 Å². The molecule has 8 heteroatoms. The lowest BCUT2D eigenvalue weighted by Crippen LogP contribution is -2.29. The Morgan fingerprint density at radius 3 is 2.38 bits per heavy atom. The number of carbonyl (C=O) groups is 1. The fourth-order valence-electron chi connectivity index (χ4n) is 4.79. The first-order valence-electron chi connectivity index (χ1n) is 12.4. The molecule has 0 atom stereocenters. The van der Waals surface area contributed by atoms with Gasteiger partial charge in [0.15, 0.2) is 5.16 Å². The molecule has 1 aliphatic carbocycles. The highest BCUT2D eigenvalue weighted by Gasteiger charge is 2.22. The van der Waals surface area contributed by atoms with Gasteiger partial charge in [-0.2, -0.15) is 0 Å². The Kier molecular flexibility index (Phi) is 8.18. The third kappa shape index (κ3) is 6.20. The van der Waals surface area contributed by atoms with Crippen molar-refractivity contribution < 1.29 is 4.79 Å². The Balaban J connectivity index is 1.46. The average Bonchev–Trinajstić information content (AvgIpc) is 2.91. The van der Waals surface area contributed by atoms with Crippen LogP contribution in [0.25, 0.3) is 10.9 Å². The molecule has 1 heterocycles. The molecule has 1 saturated carbocycles. The van der Waals surface area contributed by atoms with E-state index in [0.717, 1.165) is 36.8 Å². The summed E-state index contributed by atoms with van der Waals surface area (Å²) >= 11 is 13.8. The molecule has 1 aromatic heterocycles. The van der Waals surface area contributed by atoms with Crippen molar-refractivity contribution in [3.8, 4) is 0 Å². The summed E-state index contributed by atoms with van der Waals surface area (Å²) in [5.41, 5.74) is 2.92. The second kappa shape index (κ2) is 11.7. The van der Waals surface area contributed by atoms with Crippen molar-refractivity contribution in [3.63, 3.8) is 0 Å². The highest BCUT2D eigenvalue weighted by atomic mass is 35.5. The Morgan fingerprint density at radius 1 is 0.946 bits per heavy atom. The minimum atomic E-state index is -0.228. The molecular weight excluding hydrogens is 525 g/mol. The van der Waals surface area contributed by atoms with Crippen LogP contribution in [0.5, 0.6) is 0 Å². The number of carbonyl (C=O) groups excluding carboxylic acids is 1. The molecule has 4 aromatic rings. The first-order chi connectivity index (χ1) is 18.0. The van der Waals surface area contributed by atoms with E-state index in [9.17, 15) is 9.59 Å². The number of hydrogen-bond acceptors (Lipinski definition) is 4. The van der Waals surface area contributed by atoms with Gasteiger partial charge in [0, 0.05) is 33.9 Å². The molecule has 1 aliphatic rings. The third-order valence-electron chi connectivity index (χ3n) is 6.67. The number of nitrogens with one attached hydrogen (secondary N) is 1. The van der Waals surface area contributed by atoms with Crippen molar-refractivity contribution in [1.82, 2.24) is 14.9 Å². The molecule has 3 aromatic carbocycles. The molecule has 5 rings (SSSR count). The Hall–Kier alpha value is -2.80. The predicted molar refractivity (Wildman–Crippen MR) is 152 cm³/mol. The fraction of sp³-hybridized carbons (Fsp3) is 0.276. The van der Waals surface area contributed by atoms with Gasteiger partial charge in [-0.25, -0.2) is 4.98 Å². The second-order valence-corrected chi connectivity index (χ2v) is 11.1. The SMILES string of the molecule is O=C(NCc1cccc(Cl)c1)c1ccc2c(=O)n(C3CCCCC3)c(SCc3cccc(Cl)c3)nc2c1. The molecule has 190 valence electrons. The van der Waals surface area contributed by atoms with Crippen molar-refractivity contribution in [3.05, 3.63) is 104 Å². The van der Waals surface area contributed by atoms with E-state index in [4.69, 9.17) is 28.2 Å². The molecular formula is C29H27Cl2N3O2S. The standard InChI is InChI=1S/C29H27Cl2N3O2S/c30-22-8-4-6-19(14-22)17-32-27(35)21-12-13-25-26(16-21)33-29(37-18-20-7-5-9-23(31)15-20)34(28(25)36)24-10-2-1-3-11-24/h4-9,12-16,24H,1-3,10-11,17-18H2,(H,32,35). The number of nitrogens with zero attached hydrogens (tertiary/aromatic N) is 2. The molecule has 5 nitrogen and oxygen atoms in total. The van der Waals surface area contributed by atoms with E-state index < -0.39 is 0 Å². The molecule has 1 N–H and O–H groups in total. The lowest BCUT2D eigenvalue weighted by molar-refractivity contribution is 0.0951. The number of fused-ring (bicyclic) bond motifs is 1. The minimum Gasteiger partial charge on any atom is -0.348 e. The van der Waals surface area contributed by atoms with Gasteiger partial charge in [0.05, 0.1) is 10.9 Å². The normalized spacial score (nSPS) is 14.1. The summed E-state index contributed by atoms with van der Waals surface area (Å²) in [4.78, 5) is 31.5. The smallest absolute Gasteiger partial charge is 0.262 e. The maximum absolute atomic E-state index is 13.7. The second-order valence-electron chi connectivity index (χ2n) is 9.32. The summed E-state index contributed by atoms with van der Waals surface area (Å²) in [5.74, 6) is 0.415. The van der Waals surface area contributed by atoms with E-state index >= 15 is 0 Å². The van der Waals surface area contributed by atoms with Gasteiger partial charge in [0.25, 0.3) is 11.5 Å². The fourth-order valence-corrected chi connectivity index (χ4v) is 6.22. The summed E-state index contributed by atoms with van der Waals surface area (Å²) in [5, 5.41) is 5.44. The quantitative estimate of drug-likeness (QED) is 0.191. The monoisotopic (exact) mass is 551 g/mol. The maximum atomic E-state index is 13.7. The van der Waals surface area contributed by atoms with Gasteiger partial charge in [-0.15, -0.1) is 0 Å². The van der Waals surface area contributed by atoms with Crippen LogP contribution in [0.1, 0.15) is 59.6 Å². The molecule has 37 heavy (non-hydrogen) atoms. The van der Waals surface area contributed by atoms with Crippen LogP contribution in [0, 0.1) is 0 Å². The summed E-state index contributed by atoms with van der Waals surface area (Å²) < 4.78 is 1.88. The van der Waals surface area contributed by atoms with E-state index in [2.05, 4.69) is 5.32 Å². The molecule has 0 spiro atoms. The van der Waals surface area contributed by atoms with Crippen LogP contribution in [0.2, 0.25) is 10.0 Å². The Morgan fingerprint density at radius 2 is 1.65 bits per heavy atom. The molecule has 0 saturated heterocycles. The number of rotatable bonds is 7. The number of aromatic nitrogens is 2. The first kappa shape index (κ1) is 25.8. The van der Waals surface area contributed by atoms with Gasteiger partial charge in [-0.05, 0) is 66.4 Å². The highest BCUT2D eigenvalue weighted by Crippen LogP contribution is 2.32. The Bertz CT molecular complexity index is 1500. The maximum Gasteiger partial charge on any atom is 0.262 e. The van der Waals surface area contributed by atoms with Crippen molar-refractivity contribution in [2.75, 3.05) is 0 Å². The van der Waals surface area contributed by atoms with E-state index in [0.29, 0.717) is 44.0 Å². The zero-order valence-electron chi connectivity index (χ0n) is 20.3. The van der Waals surface area contributed by atoms with Crippen LogP contribution < -0.4 is 10.9 Å². The highest BCUT2D eigenvalue weighted by molar-refractivity contribution is 7.98. The van der Waals surface area contributed by atoms with Gasteiger partial charge < -0.3 is 5.32 Å². The molecule has 0 aliphatic heterocycles. The van der Waals surface area contributed by atoms with Crippen LogP contribution in [-0.2, 0) is 12.3 Å². The average molecular weight is 553 g/mol. The zero-order valence-corrected chi connectivity index (χ0v) is 22.6. The predicted octanol–water partition coefficient (Wildman–Crippen LogP) is 7.43. The van der Waals surface area contributed by atoms with Gasteiger partial charge in [0.1, 0.15) is 0 Å². The van der Waals surface area contributed by atoms with Gasteiger partial charge in [-0.3, -0.25) is 14.2 Å². The largest absolute Gasteiger partial charge is 0.348 e. The van der Waals surface area contributed by atoms with Crippen molar-refractivity contribution in [2.24, 2.45) is 0 Å². The van der Waals surface area contributed by atoms with Crippen molar-refractivity contribution >= 4 is 51.8 Å². The summed E-state index contributed by atoms with van der Waals surface area (Å²) in [6.07, 6.45) is 5.37. The molecule has 0 unspecified atom stereocenters. The molecule has 0 radical (unpaired) electrons. The third-order valence-corrected chi connectivity index (χ3v) is 8.16. The van der Waals surface area contributed by atoms with Crippen LogP contribution in [0.3, 0.4) is 0 Å². The number of amides is 1. The van der Waals surface area contributed by atoms with Crippen LogP contribution in [0.15, 0.2) is 76.7 Å². The van der Waals surface area contributed by atoms with E-state index in [1.54, 1.807) is 24.3 Å². The minimum absolute atomic E-state index is 0.0450. The first-order valence-corrected chi connectivity index (χ1v) is 14.2. The number of benzene rings is 3. The summed E-state index contributed by atoms with van der Waals surface area (Å²) in [7, 11) is 0. The molecule has 1 fully saturated rings. The molecule has 0 bridgehead atoms. The van der Waals surface area contributed by atoms with Crippen LogP contribution >= 0.6 is 35.0 Å². The number of hydrogen-bond donors (Lipinski definition) is 1. The number of thioether (sulfide) groups is 1. The lowest BCUT2D eigenvalue weighted by atomic mass is 9.95.